The van der Waals surface area contributed by atoms with Gasteiger partial charge in [0.15, 0.2) is 5.76 Å². The van der Waals surface area contributed by atoms with E-state index in [2.05, 4.69) is 16.0 Å². The minimum absolute atomic E-state index is 0.00967. The van der Waals surface area contributed by atoms with Gasteiger partial charge in [-0.05, 0) is 55.7 Å². The van der Waals surface area contributed by atoms with Crippen molar-refractivity contribution in [1.82, 2.24) is 10.6 Å². The van der Waals surface area contributed by atoms with Gasteiger partial charge in [-0.15, -0.1) is 0 Å². The summed E-state index contributed by atoms with van der Waals surface area (Å²) in [6.45, 7) is 1.80. The molecule has 0 bridgehead atoms. The number of hydrogen-bond donors (Lipinski definition) is 3. The number of carbonyl (C=O) groups excluding carboxylic acids is 2. The van der Waals surface area contributed by atoms with Crippen LogP contribution < -0.4 is 16.0 Å². The van der Waals surface area contributed by atoms with Crippen LogP contribution in [0.15, 0.2) is 59.0 Å². The largest absolute Gasteiger partial charge is 0.451 e. The maximum atomic E-state index is 13.9. The Bertz CT molecular complexity index is 1240. The first kappa shape index (κ1) is 27.3. The van der Waals surface area contributed by atoms with Gasteiger partial charge in [-0.25, -0.2) is 13.2 Å². The monoisotopic (exact) mass is 527 g/mol. The summed E-state index contributed by atoms with van der Waals surface area (Å²) in [6.07, 6.45) is 5.75. The minimum Gasteiger partial charge on any atom is -0.451 e. The Morgan fingerprint density at radius 1 is 0.947 bits per heavy atom. The average molecular weight is 528 g/mol. The Kier molecular flexibility index (Phi) is 9.10. The van der Waals surface area contributed by atoms with Gasteiger partial charge >= 0.3 is 0 Å². The van der Waals surface area contributed by atoms with E-state index in [1.54, 1.807) is 25.1 Å². The normalized spacial score (nSPS) is 15.5. The Morgan fingerprint density at radius 3 is 2.37 bits per heavy atom. The number of amides is 2. The van der Waals surface area contributed by atoms with Gasteiger partial charge in [0.1, 0.15) is 34.9 Å². The summed E-state index contributed by atoms with van der Waals surface area (Å²) in [5, 5.41) is 8.34. The number of nitrogens with one attached hydrogen (secondary N) is 3. The van der Waals surface area contributed by atoms with Crippen LogP contribution in [-0.2, 0) is 4.79 Å². The van der Waals surface area contributed by atoms with Gasteiger partial charge < -0.3 is 20.4 Å². The SMILES string of the molecule is C[C@@H](CNc1c(F)cccc1F)NC(=O)C(CC1CCCCC1)NC(=O)c1ccc(-c2cccc(F)c2)o1. The molecule has 1 unspecified atom stereocenters. The number of furan rings is 1. The molecule has 1 saturated carbocycles. The highest BCUT2D eigenvalue weighted by Crippen LogP contribution is 2.28. The van der Waals surface area contributed by atoms with Crippen LogP contribution in [0.5, 0.6) is 0 Å². The van der Waals surface area contributed by atoms with E-state index in [4.69, 9.17) is 4.42 Å². The number of halogens is 3. The first-order chi connectivity index (χ1) is 18.3. The van der Waals surface area contributed by atoms with Gasteiger partial charge in [0.2, 0.25) is 5.91 Å². The van der Waals surface area contributed by atoms with Crippen LogP contribution in [0.4, 0.5) is 18.9 Å². The van der Waals surface area contributed by atoms with E-state index in [0.717, 1.165) is 44.2 Å². The molecule has 2 amide bonds. The van der Waals surface area contributed by atoms with Crippen molar-refractivity contribution in [2.45, 2.75) is 57.5 Å². The number of benzene rings is 2. The van der Waals surface area contributed by atoms with E-state index in [1.807, 2.05) is 0 Å². The second kappa shape index (κ2) is 12.7. The van der Waals surface area contributed by atoms with E-state index in [1.165, 1.54) is 24.3 Å². The summed E-state index contributed by atoms with van der Waals surface area (Å²) in [5.41, 5.74) is 0.237. The summed E-state index contributed by atoms with van der Waals surface area (Å²) in [7, 11) is 0. The number of hydrogen-bond acceptors (Lipinski definition) is 4. The van der Waals surface area contributed by atoms with Crippen LogP contribution >= 0.6 is 0 Å². The Hall–Kier alpha value is -3.75. The molecule has 0 aliphatic heterocycles. The third kappa shape index (κ3) is 7.18. The molecular weight excluding hydrogens is 495 g/mol. The molecule has 2 aromatic carbocycles. The smallest absolute Gasteiger partial charge is 0.287 e. The topological polar surface area (TPSA) is 83.4 Å². The maximum Gasteiger partial charge on any atom is 0.287 e. The lowest BCUT2D eigenvalue weighted by molar-refractivity contribution is -0.124. The van der Waals surface area contributed by atoms with Crippen molar-refractivity contribution < 1.29 is 27.2 Å². The molecule has 9 heteroatoms. The summed E-state index contributed by atoms with van der Waals surface area (Å²) in [5.74, 6) is -2.16. The molecule has 38 heavy (non-hydrogen) atoms. The van der Waals surface area contributed by atoms with Crippen LogP contribution in [0.1, 0.15) is 56.0 Å². The van der Waals surface area contributed by atoms with Crippen molar-refractivity contribution in [3.8, 4) is 11.3 Å². The third-order valence-electron chi connectivity index (χ3n) is 6.79. The molecule has 3 N–H and O–H groups in total. The summed E-state index contributed by atoms with van der Waals surface area (Å²) >= 11 is 0. The maximum absolute atomic E-state index is 13.9. The molecule has 0 spiro atoms. The lowest BCUT2D eigenvalue weighted by atomic mass is 9.84. The van der Waals surface area contributed by atoms with Crippen LogP contribution in [0.3, 0.4) is 0 Å². The third-order valence-corrected chi connectivity index (χ3v) is 6.79. The van der Waals surface area contributed by atoms with E-state index < -0.39 is 35.4 Å². The van der Waals surface area contributed by atoms with Crippen molar-refractivity contribution in [2.75, 3.05) is 11.9 Å². The van der Waals surface area contributed by atoms with Crippen molar-refractivity contribution in [3.63, 3.8) is 0 Å². The zero-order valence-electron chi connectivity index (χ0n) is 21.2. The molecule has 0 radical (unpaired) electrons. The molecule has 1 aliphatic carbocycles. The molecule has 202 valence electrons. The van der Waals surface area contributed by atoms with Crippen LogP contribution in [0, 0.1) is 23.4 Å². The molecule has 1 heterocycles. The standard InChI is InChI=1S/C29H32F3N3O3/c1-18(17-33-27-22(31)11-6-12-23(27)32)34-28(36)24(15-19-7-3-2-4-8-19)35-29(37)26-14-13-25(38-26)20-9-5-10-21(30)16-20/h5-6,9-14,16,18-19,24,33H,2-4,7-8,15,17H2,1H3,(H,34,36)(H,35,37)/t18-,24?/m0/s1. The second-order valence-electron chi connectivity index (χ2n) is 9.83. The van der Waals surface area contributed by atoms with Gasteiger partial charge in [-0.1, -0.05) is 50.3 Å². The summed E-state index contributed by atoms with van der Waals surface area (Å²) in [4.78, 5) is 26.3. The summed E-state index contributed by atoms with van der Waals surface area (Å²) < 4.78 is 47.1. The van der Waals surface area contributed by atoms with Crippen molar-refractivity contribution in [2.24, 2.45) is 5.92 Å². The molecule has 0 saturated heterocycles. The quantitative estimate of drug-likeness (QED) is 0.300. The number of carbonyl (C=O) groups is 2. The zero-order valence-corrected chi connectivity index (χ0v) is 21.2. The first-order valence-electron chi connectivity index (χ1n) is 12.9. The first-order valence-corrected chi connectivity index (χ1v) is 12.9. The van der Waals surface area contributed by atoms with E-state index >= 15 is 0 Å². The van der Waals surface area contributed by atoms with Crippen molar-refractivity contribution >= 4 is 17.5 Å². The van der Waals surface area contributed by atoms with Gasteiger partial charge in [-0.2, -0.15) is 0 Å². The number of anilines is 1. The highest BCUT2D eigenvalue weighted by atomic mass is 19.1. The molecule has 6 nitrogen and oxygen atoms in total. The molecule has 1 aliphatic rings. The second-order valence-corrected chi connectivity index (χ2v) is 9.83. The van der Waals surface area contributed by atoms with Crippen molar-refractivity contribution in [3.05, 3.63) is 77.8 Å². The molecule has 2 atom stereocenters. The molecule has 4 rings (SSSR count). The average Bonchev–Trinajstić information content (AvgIpc) is 3.39. The highest BCUT2D eigenvalue weighted by Gasteiger charge is 2.28. The van der Waals surface area contributed by atoms with E-state index in [9.17, 15) is 22.8 Å². The van der Waals surface area contributed by atoms with Crippen LogP contribution in [-0.4, -0.2) is 30.4 Å². The van der Waals surface area contributed by atoms with Gasteiger partial charge in [0.25, 0.3) is 5.91 Å². The fourth-order valence-corrected chi connectivity index (χ4v) is 4.79. The van der Waals surface area contributed by atoms with Gasteiger partial charge in [0.05, 0.1) is 0 Å². The Balaban J connectivity index is 1.41. The van der Waals surface area contributed by atoms with E-state index in [-0.39, 0.29) is 23.9 Å². The summed E-state index contributed by atoms with van der Waals surface area (Å²) in [6, 6.07) is 11.2. The minimum atomic E-state index is -0.819. The predicted octanol–water partition coefficient (Wildman–Crippen LogP) is 6.05. The van der Waals surface area contributed by atoms with Gasteiger partial charge in [0, 0.05) is 18.2 Å². The Morgan fingerprint density at radius 2 is 1.66 bits per heavy atom. The van der Waals surface area contributed by atoms with Crippen LogP contribution in [0.2, 0.25) is 0 Å². The number of rotatable bonds is 10. The lowest BCUT2D eigenvalue weighted by Gasteiger charge is -2.27. The predicted molar refractivity (Wildman–Crippen MR) is 139 cm³/mol. The molecule has 1 aromatic heterocycles. The zero-order chi connectivity index (χ0) is 27.1. The molecule has 3 aromatic rings. The fraction of sp³-hybridized carbons (Fsp3) is 0.379. The van der Waals surface area contributed by atoms with Crippen LogP contribution in [0.25, 0.3) is 11.3 Å². The Labute approximate surface area is 220 Å². The molecule has 1 fully saturated rings. The lowest BCUT2D eigenvalue weighted by Crippen LogP contribution is -2.51. The number of para-hydroxylation sites is 1. The van der Waals surface area contributed by atoms with Crippen molar-refractivity contribution in [1.29, 1.82) is 0 Å². The van der Waals surface area contributed by atoms with Gasteiger partial charge in [-0.3, -0.25) is 9.59 Å². The van der Waals surface area contributed by atoms with E-state index in [0.29, 0.717) is 23.7 Å². The molecular formula is C29H32F3N3O3. The fourth-order valence-electron chi connectivity index (χ4n) is 4.79. The highest BCUT2D eigenvalue weighted by molar-refractivity contribution is 5.96.